The number of carboxylic acid groups (broad SMARTS) is 1. The lowest BCUT2D eigenvalue weighted by Gasteiger charge is -2.13. The number of hydrogen-bond donors (Lipinski definition) is 2. The second-order valence-corrected chi connectivity index (χ2v) is 3.46. The van der Waals surface area contributed by atoms with Gasteiger partial charge in [0, 0.05) is 10.9 Å². The van der Waals surface area contributed by atoms with Crippen LogP contribution in [0.5, 0.6) is 0 Å². The molecule has 0 radical (unpaired) electrons. The Bertz CT molecular complexity index is 328. The molecule has 0 aliphatic heterocycles. The van der Waals surface area contributed by atoms with E-state index in [1.807, 2.05) is 12.1 Å². The molecule has 0 saturated carbocycles. The van der Waals surface area contributed by atoms with Crippen LogP contribution in [0.2, 0.25) is 5.02 Å². The van der Waals surface area contributed by atoms with E-state index >= 15 is 0 Å². The van der Waals surface area contributed by atoms with Crippen LogP contribution in [0.4, 0.5) is 0 Å². The quantitative estimate of drug-likeness (QED) is 0.803. The molecule has 1 atom stereocenters. The Morgan fingerprint density at radius 2 is 2.14 bits per heavy atom. The number of halogens is 1. The fraction of sp³-hybridized carbons (Fsp3) is 0.300. The molecule has 4 heteroatoms. The first kappa shape index (κ1) is 11.0. The van der Waals surface area contributed by atoms with Crippen LogP contribution in [-0.2, 0) is 4.79 Å². The van der Waals surface area contributed by atoms with Crippen molar-refractivity contribution in [3.63, 3.8) is 0 Å². The number of aliphatic carboxylic acids is 1. The van der Waals surface area contributed by atoms with Gasteiger partial charge in [0.1, 0.15) is 0 Å². The van der Waals surface area contributed by atoms with Gasteiger partial charge in [0.25, 0.3) is 0 Å². The summed E-state index contributed by atoms with van der Waals surface area (Å²) < 4.78 is 0. The van der Waals surface area contributed by atoms with E-state index < -0.39 is 5.97 Å². The molecule has 1 rings (SSSR count). The van der Waals surface area contributed by atoms with Crippen LogP contribution >= 0.6 is 11.6 Å². The maximum absolute atomic E-state index is 10.6. The van der Waals surface area contributed by atoms with E-state index in [1.165, 1.54) is 0 Å². The molecular formula is C10H12ClNO2. The predicted molar refractivity (Wildman–Crippen MR) is 55.5 cm³/mol. The standard InChI is InChI=1S/C10H12ClNO2/c11-9-4-2-1-3-8(9)7(6-12)5-10(13)14/h1-4,7H,5-6,12H2,(H,13,14)/t7-/m1/s1. The molecule has 3 N–H and O–H groups in total. The molecule has 0 aromatic heterocycles. The molecular weight excluding hydrogens is 202 g/mol. The van der Waals surface area contributed by atoms with Crippen LogP contribution in [-0.4, -0.2) is 17.6 Å². The van der Waals surface area contributed by atoms with Gasteiger partial charge >= 0.3 is 5.97 Å². The molecule has 1 aromatic carbocycles. The number of carbonyl (C=O) groups is 1. The summed E-state index contributed by atoms with van der Waals surface area (Å²) in [5.74, 6) is -1.07. The normalized spacial score (nSPS) is 12.4. The Hall–Kier alpha value is -1.06. The van der Waals surface area contributed by atoms with Crippen molar-refractivity contribution in [2.45, 2.75) is 12.3 Å². The summed E-state index contributed by atoms with van der Waals surface area (Å²) in [5.41, 5.74) is 6.30. The fourth-order valence-corrected chi connectivity index (χ4v) is 1.63. The molecule has 14 heavy (non-hydrogen) atoms. The topological polar surface area (TPSA) is 63.3 Å². The van der Waals surface area contributed by atoms with Gasteiger partial charge in [0.05, 0.1) is 6.42 Å². The van der Waals surface area contributed by atoms with E-state index in [0.29, 0.717) is 5.02 Å². The fourth-order valence-electron chi connectivity index (χ4n) is 1.34. The Morgan fingerprint density at radius 3 is 2.64 bits per heavy atom. The number of hydrogen-bond acceptors (Lipinski definition) is 2. The average Bonchev–Trinajstić information content (AvgIpc) is 2.15. The third kappa shape index (κ3) is 2.72. The van der Waals surface area contributed by atoms with Crippen molar-refractivity contribution in [1.82, 2.24) is 0 Å². The van der Waals surface area contributed by atoms with Crippen LogP contribution in [0, 0.1) is 0 Å². The Balaban J connectivity index is 2.89. The highest BCUT2D eigenvalue weighted by atomic mass is 35.5. The minimum atomic E-state index is -0.861. The SMILES string of the molecule is NC[C@@H](CC(=O)O)c1ccccc1Cl. The summed E-state index contributed by atoms with van der Waals surface area (Å²) in [6, 6.07) is 7.18. The summed E-state index contributed by atoms with van der Waals surface area (Å²) in [6.07, 6.45) is 0.0141. The van der Waals surface area contributed by atoms with Crippen LogP contribution in [0.3, 0.4) is 0 Å². The lowest BCUT2D eigenvalue weighted by Crippen LogP contribution is -2.16. The Morgan fingerprint density at radius 1 is 1.50 bits per heavy atom. The molecule has 0 unspecified atom stereocenters. The zero-order valence-electron chi connectivity index (χ0n) is 7.61. The first-order valence-electron chi connectivity index (χ1n) is 4.31. The first-order chi connectivity index (χ1) is 6.65. The van der Waals surface area contributed by atoms with E-state index in [2.05, 4.69) is 0 Å². The van der Waals surface area contributed by atoms with Crippen LogP contribution in [0.1, 0.15) is 17.9 Å². The van der Waals surface area contributed by atoms with Crippen molar-refractivity contribution < 1.29 is 9.90 Å². The van der Waals surface area contributed by atoms with Crippen LogP contribution in [0.25, 0.3) is 0 Å². The minimum absolute atomic E-state index is 0.0141. The van der Waals surface area contributed by atoms with Crippen LogP contribution in [0.15, 0.2) is 24.3 Å². The molecule has 0 bridgehead atoms. The van der Waals surface area contributed by atoms with E-state index in [1.54, 1.807) is 12.1 Å². The minimum Gasteiger partial charge on any atom is -0.481 e. The smallest absolute Gasteiger partial charge is 0.304 e. The highest BCUT2D eigenvalue weighted by molar-refractivity contribution is 6.31. The molecule has 3 nitrogen and oxygen atoms in total. The van der Waals surface area contributed by atoms with Gasteiger partial charge < -0.3 is 10.8 Å². The zero-order valence-corrected chi connectivity index (χ0v) is 8.37. The number of benzene rings is 1. The van der Waals surface area contributed by atoms with Gasteiger partial charge in [-0.1, -0.05) is 29.8 Å². The summed E-state index contributed by atoms with van der Waals surface area (Å²) in [4.78, 5) is 10.6. The van der Waals surface area contributed by atoms with Gasteiger partial charge in [0.15, 0.2) is 0 Å². The molecule has 0 aliphatic carbocycles. The molecule has 0 spiro atoms. The van der Waals surface area contributed by atoms with Crippen molar-refractivity contribution in [3.05, 3.63) is 34.9 Å². The Labute approximate surface area is 87.5 Å². The maximum atomic E-state index is 10.6. The molecule has 1 aromatic rings. The molecule has 76 valence electrons. The Kier molecular flexibility index (Phi) is 3.92. The zero-order chi connectivity index (χ0) is 10.6. The third-order valence-corrected chi connectivity index (χ3v) is 2.39. The maximum Gasteiger partial charge on any atom is 0.304 e. The summed E-state index contributed by atoms with van der Waals surface area (Å²) >= 11 is 5.93. The van der Waals surface area contributed by atoms with Crippen LogP contribution < -0.4 is 5.73 Å². The monoisotopic (exact) mass is 213 g/mol. The van der Waals surface area contributed by atoms with Crippen molar-refractivity contribution >= 4 is 17.6 Å². The largest absolute Gasteiger partial charge is 0.481 e. The second-order valence-electron chi connectivity index (χ2n) is 3.05. The van der Waals surface area contributed by atoms with Gasteiger partial charge in [-0.3, -0.25) is 4.79 Å². The van der Waals surface area contributed by atoms with Gasteiger partial charge in [0.2, 0.25) is 0 Å². The average molecular weight is 214 g/mol. The lowest BCUT2D eigenvalue weighted by molar-refractivity contribution is -0.137. The van der Waals surface area contributed by atoms with E-state index in [-0.39, 0.29) is 18.9 Å². The number of nitrogens with two attached hydrogens (primary N) is 1. The van der Waals surface area contributed by atoms with Gasteiger partial charge in [-0.25, -0.2) is 0 Å². The summed E-state index contributed by atoms with van der Waals surface area (Å²) in [6.45, 7) is 0.288. The number of rotatable bonds is 4. The van der Waals surface area contributed by atoms with Crippen molar-refractivity contribution in [2.24, 2.45) is 5.73 Å². The third-order valence-electron chi connectivity index (χ3n) is 2.05. The van der Waals surface area contributed by atoms with Gasteiger partial charge in [-0.05, 0) is 18.2 Å². The first-order valence-corrected chi connectivity index (χ1v) is 4.69. The highest BCUT2D eigenvalue weighted by Crippen LogP contribution is 2.25. The van der Waals surface area contributed by atoms with E-state index in [0.717, 1.165) is 5.56 Å². The highest BCUT2D eigenvalue weighted by Gasteiger charge is 2.15. The van der Waals surface area contributed by atoms with Gasteiger partial charge in [-0.2, -0.15) is 0 Å². The molecule has 0 fully saturated rings. The predicted octanol–water partition coefficient (Wildman–Crippen LogP) is 1.86. The van der Waals surface area contributed by atoms with Crippen molar-refractivity contribution in [3.8, 4) is 0 Å². The van der Waals surface area contributed by atoms with Crippen molar-refractivity contribution in [2.75, 3.05) is 6.54 Å². The lowest BCUT2D eigenvalue weighted by atomic mass is 9.96. The summed E-state index contributed by atoms with van der Waals surface area (Å²) in [5, 5.41) is 9.24. The van der Waals surface area contributed by atoms with E-state index in [4.69, 9.17) is 22.4 Å². The van der Waals surface area contributed by atoms with E-state index in [9.17, 15) is 4.79 Å². The summed E-state index contributed by atoms with van der Waals surface area (Å²) in [7, 11) is 0. The number of carboxylic acids is 1. The molecule has 0 amide bonds. The second kappa shape index (κ2) is 4.98. The van der Waals surface area contributed by atoms with Crippen molar-refractivity contribution in [1.29, 1.82) is 0 Å². The molecule has 0 heterocycles. The molecule has 0 aliphatic rings. The molecule has 0 saturated heterocycles. The van der Waals surface area contributed by atoms with Gasteiger partial charge in [-0.15, -0.1) is 0 Å².